The van der Waals surface area contributed by atoms with Crippen LogP contribution in [0.25, 0.3) is 0 Å². The summed E-state index contributed by atoms with van der Waals surface area (Å²) in [6.07, 6.45) is 1.08. The Bertz CT molecular complexity index is 1060. The lowest BCUT2D eigenvalue weighted by atomic mass is 10.2. The highest BCUT2D eigenvalue weighted by Gasteiger charge is 2.19. The molecule has 0 aliphatic carbocycles. The van der Waals surface area contributed by atoms with Crippen molar-refractivity contribution in [2.24, 2.45) is 0 Å². The van der Waals surface area contributed by atoms with Gasteiger partial charge in [0.25, 0.3) is 5.91 Å². The van der Waals surface area contributed by atoms with E-state index in [9.17, 15) is 21.6 Å². The van der Waals surface area contributed by atoms with Crippen LogP contribution >= 0.6 is 0 Å². The molecule has 0 aliphatic rings. The summed E-state index contributed by atoms with van der Waals surface area (Å²) in [5.41, 5.74) is 0.938. The first-order chi connectivity index (χ1) is 12.4. The van der Waals surface area contributed by atoms with Crippen LogP contribution in [-0.4, -0.2) is 54.4 Å². The second-order valence-corrected chi connectivity index (χ2v) is 10.2. The minimum Gasteiger partial charge on any atom is -0.322 e. The Kier molecular flexibility index (Phi) is 5.93. The Morgan fingerprint density at radius 2 is 1.56 bits per heavy atom. The lowest BCUT2D eigenvalue weighted by Gasteiger charge is -2.17. The molecule has 146 valence electrons. The molecule has 0 spiro atoms. The van der Waals surface area contributed by atoms with Crippen molar-refractivity contribution < 1.29 is 21.6 Å². The zero-order valence-corrected chi connectivity index (χ0v) is 17.0. The minimum absolute atomic E-state index is 0.00529. The molecular weight excluding hydrogens is 390 g/mol. The van der Waals surface area contributed by atoms with Crippen molar-refractivity contribution in [1.82, 2.24) is 4.31 Å². The largest absolute Gasteiger partial charge is 0.322 e. The van der Waals surface area contributed by atoms with Crippen molar-refractivity contribution in [3.8, 4) is 0 Å². The number of nitrogens with one attached hydrogen (secondary N) is 1. The topological polar surface area (TPSA) is 104 Å². The van der Waals surface area contributed by atoms with E-state index in [1.54, 1.807) is 18.2 Å². The SMILES string of the molecule is CN(c1cccc(NC(=O)c2cccc(S(=O)(=O)N(C)C)c2)c1)S(C)(=O)=O. The molecule has 0 saturated carbocycles. The summed E-state index contributed by atoms with van der Waals surface area (Å²) < 4.78 is 49.9. The lowest BCUT2D eigenvalue weighted by molar-refractivity contribution is 0.102. The van der Waals surface area contributed by atoms with Crippen molar-refractivity contribution >= 4 is 37.3 Å². The zero-order valence-electron chi connectivity index (χ0n) is 15.4. The van der Waals surface area contributed by atoms with E-state index in [1.807, 2.05) is 0 Å². The van der Waals surface area contributed by atoms with Gasteiger partial charge in [0.15, 0.2) is 0 Å². The molecular formula is C17H21N3O5S2. The van der Waals surface area contributed by atoms with Gasteiger partial charge in [0.05, 0.1) is 16.8 Å². The van der Waals surface area contributed by atoms with Gasteiger partial charge in [-0.15, -0.1) is 0 Å². The molecule has 1 amide bonds. The van der Waals surface area contributed by atoms with Crippen LogP contribution in [0.5, 0.6) is 0 Å². The molecule has 0 radical (unpaired) electrons. The molecule has 27 heavy (non-hydrogen) atoms. The minimum atomic E-state index is -3.66. The van der Waals surface area contributed by atoms with E-state index in [-0.39, 0.29) is 10.5 Å². The molecule has 8 nitrogen and oxygen atoms in total. The number of anilines is 2. The van der Waals surface area contributed by atoms with Crippen molar-refractivity contribution in [2.45, 2.75) is 4.90 Å². The molecule has 0 aromatic heterocycles. The van der Waals surface area contributed by atoms with Gasteiger partial charge in [-0.3, -0.25) is 9.10 Å². The van der Waals surface area contributed by atoms with Crippen LogP contribution in [0.4, 0.5) is 11.4 Å². The fraction of sp³-hybridized carbons (Fsp3) is 0.235. The zero-order chi connectivity index (χ0) is 20.4. The highest BCUT2D eigenvalue weighted by molar-refractivity contribution is 7.92. The van der Waals surface area contributed by atoms with Crippen LogP contribution < -0.4 is 9.62 Å². The number of rotatable bonds is 6. The molecule has 2 aromatic rings. The number of carbonyl (C=O) groups excluding carboxylic acids is 1. The van der Waals surface area contributed by atoms with Crippen molar-refractivity contribution in [1.29, 1.82) is 0 Å². The maximum Gasteiger partial charge on any atom is 0.255 e. The van der Waals surface area contributed by atoms with Crippen LogP contribution in [0.2, 0.25) is 0 Å². The lowest BCUT2D eigenvalue weighted by Crippen LogP contribution is -2.25. The van der Waals surface area contributed by atoms with Gasteiger partial charge in [0.2, 0.25) is 20.0 Å². The molecule has 0 heterocycles. The number of carbonyl (C=O) groups is 1. The summed E-state index contributed by atoms with van der Waals surface area (Å²) in [6, 6.07) is 12.0. The number of hydrogen-bond acceptors (Lipinski definition) is 5. The maximum atomic E-state index is 12.5. The normalized spacial score (nSPS) is 12.0. The van der Waals surface area contributed by atoms with E-state index in [2.05, 4.69) is 5.32 Å². The first kappa shape index (κ1) is 20.9. The van der Waals surface area contributed by atoms with Crippen LogP contribution in [0, 0.1) is 0 Å². The summed E-state index contributed by atoms with van der Waals surface area (Å²) in [5.74, 6) is -0.509. The van der Waals surface area contributed by atoms with E-state index in [4.69, 9.17) is 0 Å². The van der Waals surface area contributed by atoms with Crippen molar-refractivity contribution in [3.05, 3.63) is 54.1 Å². The van der Waals surface area contributed by atoms with E-state index in [0.29, 0.717) is 11.4 Å². The first-order valence-electron chi connectivity index (χ1n) is 7.81. The highest BCUT2D eigenvalue weighted by atomic mass is 32.2. The van der Waals surface area contributed by atoms with Crippen molar-refractivity contribution in [2.75, 3.05) is 37.0 Å². The molecule has 0 aliphatic heterocycles. The highest BCUT2D eigenvalue weighted by Crippen LogP contribution is 2.21. The predicted molar refractivity (Wildman–Crippen MR) is 105 cm³/mol. The maximum absolute atomic E-state index is 12.5. The smallest absolute Gasteiger partial charge is 0.255 e. The second-order valence-electron chi connectivity index (χ2n) is 6.05. The molecule has 10 heteroatoms. The average Bonchev–Trinajstić information content (AvgIpc) is 2.60. The number of hydrogen-bond donors (Lipinski definition) is 1. The van der Waals surface area contributed by atoms with Gasteiger partial charge in [-0.2, -0.15) is 0 Å². The van der Waals surface area contributed by atoms with Gasteiger partial charge in [0.1, 0.15) is 0 Å². The third-order valence-corrected chi connectivity index (χ3v) is 6.86. The Hall–Kier alpha value is -2.43. The second kappa shape index (κ2) is 7.67. The van der Waals surface area contributed by atoms with E-state index in [0.717, 1.165) is 14.9 Å². The average molecular weight is 412 g/mol. The van der Waals surface area contributed by atoms with Crippen LogP contribution in [0.15, 0.2) is 53.4 Å². The number of amides is 1. The summed E-state index contributed by atoms with van der Waals surface area (Å²) >= 11 is 0. The summed E-state index contributed by atoms with van der Waals surface area (Å²) in [4.78, 5) is 12.5. The molecule has 0 unspecified atom stereocenters. The van der Waals surface area contributed by atoms with Crippen LogP contribution in [-0.2, 0) is 20.0 Å². The molecule has 0 fully saturated rings. The van der Waals surface area contributed by atoms with Crippen molar-refractivity contribution in [3.63, 3.8) is 0 Å². The Morgan fingerprint density at radius 3 is 2.15 bits per heavy atom. The Balaban J connectivity index is 2.29. The first-order valence-corrected chi connectivity index (χ1v) is 11.1. The predicted octanol–water partition coefficient (Wildman–Crippen LogP) is 1.58. The molecule has 0 atom stereocenters. The third-order valence-electron chi connectivity index (χ3n) is 3.84. The number of nitrogens with zero attached hydrogens (tertiary/aromatic N) is 2. The molecule has 1 N–H and O–H groups in total. The van der Waals surface area contributed by atoms with Gasteiger partial charge >= 0.3 is 0 Å². The van der Waals surface area contributed by atoms with E-state index in [1.165, 1.54) is 51.5 Å². The summed E-state index contributed by atoms with van der Waals surface area (Å²) in [5, 5.41) is 2.64. The van der Waals surface area contributed by atoms with E-state index < -0.39 is 26.0 Å². The van der Waals surface area contributed by atoms with E-state index >= 15 is 0 Å². The summed E-state index contributed by atoms with van der Waals surface area (Å²) in [6.45, 7) is 0. The molecule has 0 bridgehead atoms. The fourth-order valence-corrected chi connectivity index (χ4v) is 3.63. The number of benzene rings is 2. The summed E-state index contributed by atoms with van der Waals surface area (Å²) in [7, 11) is -2.87. The number of sulfonamides is 2. The fourth-order valence-electron chi connectivity index (χ4n) is 2.18. The quantitative estimate of drug-likeness (QED) is 0.777. The van der Waals surface area contributed by atoms with Gasteiger partial charge in [-0.1, -0.05) is 12.1 Å². The van der Waals surface area contributed by atoms with Gasteiger partial charge < -0.3 is 5.32 Å². The third kappa shape index (κ3) is 4.85. The molecule has 2 rings (SSSR count). The molecule has 2 aromatic carbocycles. The standard InChI is InChI=1S/C17H21N3O5S2/c1-19(2)27(24,25)16-10-5-7-13(11-16)17(21)18-14-8-6-9-15(12-14)20(3)26(4,22)23/h5-12H,1-4H3,(H,18,21). The monoisotopic (exact) mass is 411 g/mol. The van der Waals surface area contributed by atoms with Crippen LogP contribution in [0.1, 0.15) is 10.4 Å². The Labute approximate surface area is 159 Å². The van der Waals surface area contributed by atoms with Crippen LogP contribution in [0.3, 0.4) is 0 Å². The van der Waals surface area contributed by atoms with Gasteiger partial charge in [-0.05, 0) is 36.4 Å². The van der Waals surface area contributed by atoms with Gasteiger partial charge in [0, 0.05) is 32.4 Å². The van der Waals surface area contributed by atoms with Gasteiger partial charge in [-0.25, -0.2) is 21.1 Å². The Morgan fingerprint density at radius 1 is 0.926 bits per heavy atom. The molecule has 0 saturated heterocycles.